The summed E-state index contributed by atoms with van der Waals surface area (Å²) in [7, 11) is -4.17. The van der Waals surface area contributed by atoms with E-state index in [9.17, 15) is 26.8 Å². The quantitative estimate of drug-likeness (QED) is 0.674. The van der Waals surface area contributed by atoms with Gasteiger partial charge in [-0.2, -0.15) is 0 Å². The molecule has 0 fully saturated rings. The second kappa shape index (κ2) is 8.44. The third kappa shape index (κ3) is 5.57. The van der Waals surface area contributed by atoms with Crippen molar-refractivity contribution in [3.05, 3.63) is 59.7 Å². The maximum Gasteiger partial charge on any atom is 0.251 e. The van der Waals surface area contributed by atoms with Crippen molar-refractivity contribution >= 4 is 27.5 Å². The normalized spacial score (nSPS) is 12.5. The lowest BCUT2D eigenvalue weighted by Gasteiger charge is -2.22. The van der Waals surface area contributed by atoms with Crippen LogP contribution in [0.4, 0.5) is 14.5 Å². The van der Waals surface area contributed by atoms with Gasteiger partial charge in [0.15, 0.2) is 0 Å². The Morgan fingerprint density at radius 1 is 1.00 bits per heavy atom. The zero-order valence-electron chi connectivity index (χ0n) is 15.1. The first-order valence-electron chi connectivity index (χ1n) is 8.18. The van der Waals surface area contributed by atoms with Gasteiger partial charge in [0.05, 0.1) is 4.90 Å². The van der Waals surface area contributed by atoms with E-state index in [1.165, 1.54) is 12.1 Å². The molecule has 2 amide bonds. The van der Waals surface area contributed by atoms with Gasteiger partial charge in [0.2, 0.25) is 15.9 Å². The minimum absolute atomic E-state index is 0.129. The van der Waals surface area contributed by atoms with E-state index < -0.39 is 44.4 Å². The van der Waals surface area contributed by atoms with Gasteiger partial charge >= 0.3 is 0 Å². The summed E-state index contributed by atoms with van der Waals surface area (Å²) >= 11 is 0. The van der Waals surface area contributed by atoms with Crippen LogP contribution in [-0.4, -0.2) is 26.3 Å². The number of primary sulfonamides is 1. The molecule has 0 radical (unpaired) electrons. The smallest absolute Gasteiger partial charge is 0.251 e. The van der Waals surface area contributed by atoms with Crippen LogP contribution in [0.15, 0.2) is 47.4 Å². The molecule has 0 aliphatic heterocycles. The molecule has 0 bridgehead atoms. The molecule has 4 N–H and O–H groups in total. The molecule has 0 aromatic heterocycles. The molecule has 28 heavy (non-hydrogen) atoms. The van der Waals surface area contributed by atoms with Crippen molar-refractivity contribution in [2.45, 2.75) is 24.8 Å². The monoisotopic (exact) mass is 411 g/mol. The summed E-state index contributed by atoms with van der Waals surface area (Å²) in [5.41, 5.74) is 0.0258. The number of nitrogens with one attached hydrogen (secondary N) is 2. The van der Waals surface area contributed by atoms with Crippen LogP contribution >= 0.6 is 0 Å². The van der Waals surface area contributed by atoms with Crippen LogP contribution < -0.4 is 15.8 Å². The van der Waals surface area contributed by atoms with Crippen LogP contribution in [-0.2, 0) is 14.8 Å². The number of rotatable bonds is 6. The van der Waals surface area contributed by atoms with Crippen LogP contribution in [0.5, 0.6) is 0 Å². The minimum atomic E-state index is -4.17. The van der Waals surface area contributed by atoms with Crippen molar-refractivity contribution < 1.29 is 26.8 Å². The summed E-state index contributed by atoms with van der Waals surface area (Å²) in [5, 5.41) is 9.87. The van der Waals surface area contributed by atoms with E-state index >= 15 is 0 Å². The minimum Gasteiger partial charge on any atom is -0.340 e. The Hall–Kier alpha value is -2.85. The van der Waals surface area contributed by atoms with Gasteiger partial charge in [0.25, 0.3) is 5.91 Å². The number of carbonyl (C=O) groups is 2. The van der Waals surface area contributed by atoms with Gasteiger partial charge in [0.1, 0.15) is 17.7 Å². The Morgan fingerprint density at radius 2 is 1.61 bits per heavy atom. The highest BCUT2D eigenvalue weighted by Gasteiger charge is 2.25. The van der Waals surface area contributed by atoms with E-state index in [-0.39, 0.29) is 17.2 Å². The van der Waals surface area contributed by atoms with Crippen molar-refractivity contribution in [1.82, 2.24) is 5.32 Å². The molecule has 0 saturated heterocycles. The van der Waals surface area contributed by atoms with Crippen LogP contribution in [0.1, 0.15) is 24.2 Å². The maximum atomic E-state index is 13.7. The molecule has 1 atom stereocenters. The van der Waals surface area contributed by atoms with Crippen molar-refractivity contribution in [2.24, 2.45) is 11.1 Å². The fourth-order valence-corrected chi connectivity index (χ4v) is 2.95. The Bertz CT molecular complexity index is 992. The zero-order valence-corrected chi connectivity index (χ0v) is 15.9. The number of sulfonamides is 1. The number of hydrogen-bond donors (Lipinski definition) is 3. The molecular formula is C18H19F2N3O4S. The Labute approximate surface area is 161 Å². The molecule has 2 aromatic rings. The molecule has 10 heteroatoms. The number of nitrogens with two attached hydrogens (primary N) is 1. The van der Waals surface area contributed by atoms with Gasteiger partial charge in [-0.25, -0.2) is 22.3 Å². The second-order valence-electron chi connectivity index (χ2n) is 6.41. The Morgan fingerprint density at radius 3 is 2.14 bits per heavy atom. The van der Waals surface area contributed by atoms with Gasteiger partial charge in [-0.3, -0.25) is 9.59 Å². The molecule has 2 rings (SSSR count). The lowest BCUT2D eigenvalue weighted by atomic mass is 10.0. The molecule has 150 valence electrons. The average molecular weight is 411 g/mol. The summed E-state index contributed by atoms with van der Waals surface area (Å²) < 4.78 is 49.5. The topological polar surface area (TPSA) is 118 Å². The van der Waals surface area contributed by atoms with Gasteiger partial charge in [-0.15, -0.1) is 0 Å². The summed E-state index contributed by atoms with van der Waals surface area (Å²) in [6, 6.07) is 6.40. The number of halogens is 2. The molecule has 1 unspecified atom stereocenters. The summed E-state index contributed by atoms with van der Waals surface area (Å²) in [5.74, 6) is -3.05. The summed E-state index contributed by atoms with van der Waals surface area (Å²) in [6.07, 6.45) is 0. The largest absolute Gasteiger partial charge is 0.340 e. The highest BCUT2D eigenvalue weighted by Crippen LogP contribution is 2.18. The first-order valence-corrected chi connectivity index (χ1v) is 9.72. The molecule has 0 heterocycles. The van der Waals surface area contributed by atoms with Crippen molar-refractivity contribution in [1.29, 1.82) is 0 Å². The molecule has 0 aliphatic rings. The lowest BCUT2D eigenvalue weighted by Crippen LogP contribution is -2.47. The molecule has 0 spiro atoms. The van der Waals surface area contributed by atoms with Gasteiger partial charge in [0, 0.05) is 11.3 Å². The van der Waals surface area contributed by atoms with E-state index in [4.69, 9.17) is 5.14 Å². The molecule has 7 nitrogen and oxygen atoms in total. The highest BCUT2D eigenvalue weighted by molar-refractivity contribution is 7.89. The standard InChI is InChI=1S/C18H19F2N3O4S/c1-10(2)16(23-17(24)11-3-5-12(19)6-4-11)18(25)22-14-7-13(20)8-15(9-14)28(21,26)27/h3-10,16H,1-2H3,(H,22,25)(H,23,24)(H2,21,26,27). The van der Waals surface area contributed by atoms with E-state index in [0.717, 1.165) is 30.3 Å². The predicted octanol–water partition coefficient (Wildman–Crippen LogP) is 2.01. The zero-order chi connectivity index (χ0) is 21.1. The van der Waals surface area contributed by atoms with Gasteiger partial charge < -0.3 is 10.6 Å². The molecule has 2 aromatic carbocycles. The van der Waals surface area contributed by atoms with Crippen LogP contribution in [0.3, 0.4) is 0 Å². The van der Waals surface area contributed by atoms with E-state index in [1.54, 1.807) is 13.8 Å². The van der Waals surface area contributed by atoms with Crippen LogP contribution in [0, 0.1) is 17.6 Å². The lowest BCUT2D eigenvalue weighted by molar-refractivity contribution is -0.118. The Kier molecular flexibility index (Phi) is 6.47. The number of benzene rings is 2. The van der Waals surface area contributed by atoms with Crippen molar-refractivity contribution in [3.63, 3.8) is 0 Å². The number of anilines is 1. The van der Waals surface area contributed by atoms with E-state index in [2.05, 4.69) is 10.6 Å². The van der Waals surface area contributed by atoms with E-state index in [0.29, 0.717) is 0 Å². The summed E-state index contributed by atoms with van der Waals surface area (Å²) in [6.45, 7) is 3.35. The molecular weight excluding hydrogens is 392 g/mol. The third-order valence-electron chi connectivity index (χ3n) is 3.81. The summed E-state index contributed by atoms with van der Waals surface area (Å²) in [4.78, 5) is 24.4. The van der Waals surface area contributed by atoms with Crippen molar-refractivity contribution in [2.75, 3.05) is 5.32 Å². The molecule has 0 saturated carbocycles. The number of carbonyl (C=O) groups excluding carboxylic acids is 2. The maximum absolute atomic E-state index is 13.7. The highest BCUT2D eigenvalue weighted by atomic mass is 32.2. The fourth-order valence-electron chi connectivity index (χ4n) is 2.38. The first-order chi connectivity index (χ1) is 13.0. The Balaban J connectivity index is 2.20. The van der Waals surface area contributed by atoms with E-state index in [1.807, 2.05) is 0 Å². The molecule has 0 aliphatic carbocycles. The fraction of sp³-hybridized carbons (Fsp3) is 0.222. The first kappa shape index (κ1) is 21.5. The number of hydrogen-bond acceptors (Lipinski definition) is 4. The van der Waals surface area contributed by atoms with Gasteiger partial charge in [-0.05, 0) is 48.4 Å². The predicted molar refractivity (Wildman–Crippen MR) is 98.9 cm³/mol. The van der Waals surface area contributed by atoms with Crippen molar-refractivity contribution in [3.8, 4) is 0 Å². The van der Waals surface area contributed by atoms with Gasteiger partial charge in [-0.1, -0.05) is 13.8 Å². The van der Waals surface area contributed by atoms with Crippen LogP contribution in [0.2, 0.25) is 0 Å². The average Bonchev–Trinajstić information content (AvgIpc) is 2.58. The van der Waals surface area contributed by atoms with Crippen LogP contribution in [0.25, 0.3) is 0 Å². The third-order valence-corrected chi connectivity index (χ3v) is 4.70. The number of amides is 2. The second-order valence-corrected chi connectivity index (χ2v) is 7.97. The SMILES string of the molecule is CC(C)C(NC(=O)c1ccc(F)cc1)C(=O)Nc1cc(F)cc(S(N)(=O)=O)c1.